The van der Waals surface area contributed by atoms with Gasteiger partial charge in [-0.05, 0) is 25.0 Å². The Morgan fingerprint density at radius 1 is 1.27 bits per heavy atom. The van der Waals surface area contributed by atoms with Gasteiger partial charge in [0.15, 0.2) is 5.76 Å². The molecule has 1 N–H and O–H groups in total. The molecule has 0 saturated carbocycles. The number of benzene rings is 1. The zero-order valence-corrected chi connectivity index (χ0v) is 12.0. The first kappa shape index (κ1) is 13.2. The van der Waals surface area contributed by atoms with Crippen LogP contribution in [0, 0.1) is 0 Å². The van der Waals surface area contributed by atoms with Gasteiger partial charge in [-0.15, -0.1) is 5.10 Å². The Kier molecular flexibility index (Phi) is 3.44. The summed E-state index contributed by atoms with van der Waals surface area (Å²) in [5, 5.41) is 12.2. The van der Waals surface area contributed by atoms with E-state index >= 15 is 0 Å². The fourth-order valence-electron chi connectivity index (χ4n) is 2.62. The number of para-hydroxylation sites is 1. The van der Waals surface area contributed by atoms with Gasteiger partial charge in [0.25, 0.3) is 0 Å². The lowest BCUT2D eigenvalue weighted by molar-refractivity contribution is 0.120. The molecule has 0 amide bonds. The lowest BCUT2D eigenvalue weighted by Gasteiger charge is -2.10. The largest absolute Gasteiger partial charge is 0.454 e. The highest BCUT2D eigenvalue weighted by Gasteiger charge is 2.16. The van der Waals surface area contributed by atoms with Crippen LogP contribution in [0.25, 0.3) is 22.4 Å². The number of furan rings is 1. The van der Waals surface area contributed by atoms with Gasteiger partial charge >= 0.3 is 0 Å². The minimum absolute atomic E-state index is 0.235. The first-order valence-electron chi connectivity index (χ1n) is 7.43. The molecule has 3 heterocycles. The summed E-state index contributed by atoms with van der Waals surface area (Å²) in [6, 6.07) is 9.83. The van der Waals surface area contributed by atoms with E-state index in [1.165, 1.54) is 0 Å². The van der Waals surface area contributed by atoms with Gasteiger partial charge in [-0.2, -0.15) is 5.10 Å². The highest BCUT2D eigenvalue weighted by atomic mass is 16.5. The highest BCUT2D eigenvalue weighted by Crippen LogP contribution is 2.26. The van der Waals surface area contributed by atoms with E-state index in [1.807, 2.05) is 30.3 Å². The van der Waals surface area contributed by atoms with Crippen LogP contribution in [0.1, 0.15) is 12.8 Å². The summed E-state index contributed by atoms with van der Waals surface area (Å²) < 4.78 is 11.4. The number of hydrogen-bond acceptors (Lipinski definition) is 6. The highest BCUT2D eigenvalue weighted by molar-refractivity contribution is 5.81. The van der Waals surface area contributed by atoms with Gasteiger partial charge in [-0.3, -0.25) is 0 Å². The van der Waals surface area contributed by atoms with Crippen LogP contribution in [0.5, 0.6) is 0 Å². The molecule has 1 unspecified atom stereocenters. The minimum atomic E-state index is 0.235. The molecule has 0 radical (unpaired) electrons. The molecule has 0 bridgehead atoms. The molecule has 0 aliphatic carbocycles. The van der Waals surface area contributed by atoms with Crippen LogP contribution in [-0.4, -0.2) is 34.4 Å². The van der Waals surface area contributed by atoms with Crippen molar-refractivity contribution in [1.29, 1.82) is 0 Å². The van der Waals surface area contributed by atoms with Gasteiger partial charge in [0.2, 0.25) is 5.95 Å². The van der Waals surface area contributed by atoms with Crippen molar-refractivity contribution in [3.63, 3.8) is 0 Å². The van der Waals surface area contributed by atoms with E-state index in [4.69, 9.17) is 9.15 Å². The maximum atomic E-state index is 5.80. The van der Waals surface area contributed by atoms with Crippen molar-refractivity contribution in [2.24, 2.45) is 0 Å². The summed E-state index contributed by atoms with van der Waals surface area (Å²) in [7, 11) is 0. The zero-order valence-electron chi connectivity index (χ0n) is 12.0. The third-order valence-corrected chi connectivity index (χ3v) is 3.75. The first-order valence-corrected chi connectivity index (χ1v) is 7.43. The van der Waals surface area contributed by atoms with Gasteiger partial charge in [0.05, 0.1) is 12.3 Å². The average molecular weight is 296 g/mol. The lowest BCUT2D eigenvalue weighted by atomic mass is 10.2. The number of aromatic nitrogens is 3. The van der Waals surface area contributed by atoms with Gasteiger partial charge in [0, 0.05) is 18.5 Å². The molecule has 1 atom stereocenters. The molecule has 22 heavy (non-hydrogen) atoms. The van der Waals surface area contributed by atoms with Gasteiger partial charge in [-0.1, -0.05) is 18.2 Å². The Morgan fingerprint density at radius 2 is 2.23 bits per heavy atom. The van der Waals surface area contributed by atoms with E-state index in [9.17, 15) is 0 Å². The molecule has 1 aliphatic rings. The van der Waals surface area contributed by atoms with E-state index in [0.717, 1.165) is 30.4 Å². The predicted octanol–water partition coefficient (Wildman–Crippen LogP) is 2.88. The number of hydrogen-bond donors (Lipinski definition) is 1. The Balaban J connectivity index is 1.55. The smallest absolute Gasteiger partial charge is 0.243 e. The van der Waals surface area contributed by atoms with E-state index in [-0.39, 0.29) is 6.10 Å². The molecule has 1 fully saturated rings. The van der Waals surface area contributed by atoms with E-state index in [1.54, 1.807) is 6.20 Å². The van der Waals surface area contributed by atoms with Crippen molar-refractivity contribution >= 4 is 16.9 Å². The number of nitrogens with zero attached hydrogens (tertiary/aromatic N) is 3. The molecule has 0 spiro atoms. The Hall–Kier alpha value is -2.47. The quantitative estimate of drug-likeness (QED) is 0.798. The summed E-state index contributed by atoms with van der Waals surface area (Å²) in [6.07, 6.45) is 4.03. The van der Waals surface area contributed by atoms with Crippen LogP contribution in [0.15, 0.2) is 40.9 Å². The lowest BCUT2D eigenvalue weighted by Crippen LogP contribution is -2.19. The van der Waals surface area contributed by atoms with E-state index < -0.39 is 0 Å². The van der Waals surface area contributed by atoms with Crippen LogP contribution in [0.2, 0.25) is 0 Å². The zero-order chi connectivity index (χ0) is 14.8. The second-order valence-electron chi connectivity index (χ2n) is 5.33. The molecule has 1 aromatic carbocycles. The molecular formula is C16H16N4O2. The van der Waals surface area contributed by atoms with Gasteiger partial charge in [0.1, 0.15) is 11.3 Å². The van der Waals surface area contributed by atoms with Crippen molar-refractivity contribution in [1.82, 2.24) is 15.2 Å². The Labute approximate surface area is 127 Å². The molecule has 2 aromatic heterocycles. The fourth-order valence-corrected chi connectivity index (χ4v) is 2.62. The molecule has 112 valence electrons. The van der Waals surface area contributed by atoms with Crippen LogP contribution in [-0.2, 0) is 4.74 Å². The molecule has 4 rings (SSSR count). The summed E-state index contributed by atoms with van der Waals surface area (Å²) in [4.78, 5) is 4.47. The molecule has 6 nitrogen and oxygen atoms in total. The second-order valence-corrected chi connectivity index (χ2v) is 5.33. The van der Waals surface area contributed by atoms with E-state index in [0.29, 0.717) is 23.9 Å². The Morgan fingerprint density at radius 3 is 3.09 bits per heavy atom. The maximum absolute atomic E-state index is 5.80. The van der Waals surface area contributed by atoms with Crippen LogP contribution in [0.4, 0.5) is 5.95 Å². The molecule has 3 aromatic rings. The number of anilines is 1. The van der Waals surface area contributed by atoms with Crippen LogP contribution < -0.4 is 5.32 Å². The summed E-state index contributed by atoms with van der Waals surface area (Å²) >= 11 is 0. The van der Waals surface area contributed by atoms with Gasteiger partial charge < -0.3 is 14.5 Å². The van der Waals surface area contributed by atoms with Crippen molar-refractivity contribution in [3.8, 4) is 11.5 Å². The van der Waals surface area contributed by atoms with Crippen molar-refractivity contribution < 1.29 is 9.15 Å². The van der Waals surface area contributed by atoms with Crippen molar-refractivity contribution in [3.05, 3.63) is 36.5 Å². The maximum Gasteiger partial charge on any atom is 0.243 e. The molecule has 6 heteroatoms. The second kappa shape index (κ2) is 5.73. The molecular weight excluding hydrogens is 280 g/mol. The summed E-state index contributed by atoms with van der Waals surface area (Å²) in [5.74, 6) is 1.18. The number of rotatable bonds is 4. The van der Waals surface area contributed by atoms with Crippen LogP contribution in [0.3, 0.4) is 0 Å². The monoisotopic (exact) mass is 296 g/mol. The normalized spacial score (nSPS) is 17.9. The Bertz CT molecular complexity index is 747. The average Bonchev–Trinajstić information content (AvgIpc) is 3.22. The van der Waals surface area contributed by atoms with Crippen LogP contribution >= 0.6 is 0 Å². The summed E-state index contributed by atoms with van der Waals surface area (Å²) in [6.45, 7) is 1.54. The molecule has 1 saturated heterocycles. The third-order valence-electron chi connectivity index (χ3n) is 3.75. The predicted molar refractivity (Wildman–Crippen MR) is 82.5 cm³/mol. The van der Waals surface area contributed by atoms with E-state index in [2.05, 4.69) is 20.5 Å². The van der Waals surface area contributed by atoms with Crippen molar-refractivity contribution in [2.75, 3.05) is 18.5 Å². The molecule has 1 aliphatic heterocycles. The van der Waals surface area contributed by atoms with Crippen molar-refractivity contribution in [2.45, 2.75) is 18.9 Å². The first-order chi connectivity index (χ1) is 10.9. The van der Waals surface area contributed by atoms with Gasteiger partial charge in [-0.25, -0.2) is 4.98 Å². The SMILES string of the molecule is c1ccc2oc(-c3cnnc(NCC4CCCO4)n3)cc2c1. The standard InChI is InChI=1S/C16H16N4O2/c1-2-6-14-11(4-1)8-15(22-14)13-10-18-20-16(19-13)17-9-12-5-3-7-21-12/h1-2,4,6,8,10,12H,3,5,7,9H2,(H,17,19,20). The topological polar surface area (TPSA) is 73.1 Å². The minimum Gasteiger partial charge on any atom is -0.454 e. The number of nitrogens with one attached hydrogen (secondary N) is 1. The fraction of sp³-hybridized carbons (Fsp3) is 0.312. The number of fused-ring (bicyclic) bond motifs is 1. The summed E-state index contributed by atoms with van der Waals surface area (Å²) in [5.41, 5.74) is 1.51. The number of ether oxygens (including phenoxy) is 1. The third kappa shape index (κ3) is 2.65.